The molecule has 0 bridgehead atoms. The molecule has 0 fully saturated rings. The highest BCUT2D eigenvalue weighted by atomic mass is 16.4. The average Bonchev–Trinajstić information content (AvgIpc) is 2.35. The lowest BCUT2D eigenvalue weighted by Crippen LogP contribution is -2.40. The molecule has 6 heteroatoms. The maximum Gasteiger partial charge on any atom is 0.323 e. The molecule has 0 spiro atoms. The average molecular weight is 264 g/mol. The molecule has 0 aliphatic carbocycles. The summed E-state index contributed by atoms with van der Waals surface area (Å²) in [6, 6.07) is 6.92. The highest BCUT2D eigenvalue weighted by Gasteiger charge is 2.13. The van der Waals surface area contributed by atoms with Gasteiger partial charge in [0.2, 0.25) is 5.91 Å². The summed E-state index contributed by atoms with van der Waals surface area (Å²) in [4.78, 5) is 34.7. The van der Waals surface area contributed by atoms with Crippen LogP contribution in [0.5, 0.6) is 0 Å². The second-order valence-electron chi connectivity index (χ2n) is 4.19. The summed E-state index contributed by atoms with van der Waals surface area (Å²) >= 11 is 0. The summed E-state index contributed by atoms with van der Waals surface area (Å²) in [5.41, 5.74) is 1.49. The monoisotopic (exact) mass is 264 g/mol. The third kappa shape index (κ3) is 4.79. The van der Waals surface area contributed by atoms with Gasteiger partial charge in [-0.15, -0.1) is 0 Å². The molecule has 19 heavy (non-hydrogen) atoms. The zero-order valence-electron chi connectivity index (χ0n) is 10.8. The minimum atomic E-state index is -1.10. The lowest BCUT2D eigenvalue weighted by Gasteiger charge is -2.14. The molecule has 0 saturated heterocycles. The molecule has 0 radical (unpaired) electrons. The standard InChI is InChI=1S/C13H16N2O4/c1-9-3-5-10(6-4-9)13(19)14-7-11(16)15(2)8-12(17)18/h3-6H,7-8H2,1-2H3,(H,14,19)(H,17,18). The summed E-state index contributed by atoms with van der Waals surface area (Å²) < 4.78 is 0. The highest BCUT2D eigenvalue weighted by molar-refractivity contribution is 5.96. The van der Waals surface area contributed by atoms with Gasteiger partial charge in [-0.1, -0.05) is 17.7 Å². The Balaban J connectivity index is 2.48. The molecule has 1 aromatic rings. The van der Waals surface area contributed by atoms with Crippen LogP contribution in [0.4, 0.5) is 0 Å². The predicted octanol–water partition coefficient (Wildman–Crippen LogP) is 0.268. The van der Waals surface area contributed by atoms with Crippen molar-refractivity contribution in [3.8, 4) is 0 Å². The molecule has 0 aliphatic rings. The van der Waals surface area contributed by atoms with Gasteiger partial charge in [0.25, 0.3) is 5.91 Å². The number of nitrogens with one attached hydrogen (secondary N) is 1. The van der Waals surface area contributed by atoms with Crippen molar-refractivity contribution in [2.24, 2.45) is 0 Å². The van der Waals surface area contributed by atoms with Crippen molar-refractivity contribution in [2.45, 2.75) is 6.92 Å². The number of likely N-dealkylation sites (N-methyl/N-ethyl adjacent to an activating group) is 1. The first-order valence-electron chi connectivity index (χ1n) is 5.71. The largest absolute Gasteiger partial charge is 0.480 e. The number of aliphatic carboxylic acids is 1. The zero-order valence-corrected chi connectivity index (χ0v) is 10.8. The highest BCUT2D eigenvalue weighted by Crippen LogP contribution is 2.02. The van der Waals surface area contributed by atoms with Crippen molar-refractivity contribution in [2.75, 3.05) is 20.1 Å². The molecular formula is C13H16N2O4. The molecule has 0 unspecified atom stereocenters. The number of carboxylic acids is 1. The van der Waals surface area contributed by atoms with Crippen LogP contribution in [0.15, 0.2) is 24.3 Å². The first-order chi connectivity index (χ1) is 8.90. The third-order valence-corrected chi connectivity index (χ3v) is 2.51. The van der Waals surface area contributed by atoms with Gasteiger partial charge >= 0.3 is 5.97 Å². The summed E-state index contributed by atoms with van der Waals surface area (Å²) in [5.74, 6) is -1.92. The second kappa shape index (κ2) is 6.53. The Morgan fingerprint density at radius 3 is 2.32 bits per heavy atom. The van der Waals surface area contributed by atoms with Crippen LogP contribution in [0.2, 0.25) is 0 Å². The van der Waals surface area contributed by atoms with E-state index < -0.39 is 11.9 Å². The van der Waals surface area contributed by atoms with Gasteiger partial charge in [0.15, 0.2) is 0 Å². The number of aryl methyl sites for hydroxylation is 1. The number of hydrogen-bond acceptors (Lipinski definition) is 3. The quantitative estimate of drug-likeness (QED) is 0.799. The van der Waals surface area contributed by atoms with Crippen molar-refractivity contribution in [3.05, 3.63) is 35.4 Å². The fraction of sp³-hybridized carbons (Fsp3) is 0.308. The SMILES string of the molecule is Cc1ccc(C(=O)NCC(=O)N(C)CC(=O)O)cc1. The van der Waals surface area contributed by atoms with E-state index in [-0.39, 0.29) is 19.0 Å². The molecule has 2 amide bonds. The van der Waals surface area contributed by atoms with E-state index in [2.05, 4.69) is 5.32 Å². The summed E-state index contributed by atoms with van der Waals surface area (Å²) in [7, 11) is 1.37. The van der Waals surface area contributed by atoms with Crippen molar-refractivity contribution in [3.63, 3.8) is 0 Å². The lowest BCUT2D eigenvalue weighted by molar-refractivity contribution is -0.143. The molecule has 1 aromatic carbocycles. The number of nitrogens with zero attached hydrogens (tertiary/aromatic N) is 1. The maximum absolute atomic E-state index is 11.7. The second-order valence-corrected chi connectivity index (χ2v) is 4.19. The van der Waals surface area contributed by atoms with E-state index in [1.54, 1.807) is 24.3 Å². The predicted molar refractivity (Wildman–Crippen MR) is 68.8 cm³/mol. The smallest absolute Gasteiger partial charge is 0.323 e. The van der Waals surface area contributed by atoms with Crippen molar-refractivity contribution in [1.82, 2.24) is 10.2 Å². The van der Waals surface area contributed by atoms with Gasteiger partial charge in [-0.3, -0.25) is 14.4 Å². The minimum absolute atomic E-state index is 0.226. The van der Waals surface area contributed by atoms with E-state index in [1.807, 2.05) is 6.92 Å². The Bertz CT molecular complexity index is 482. The van der Waals surface area contributed by atoms with E-state index in [4.69, 9.17) is 5.11 Å². The van der Waals surface area contributed by atoms with Gasteiger partial charge in [0.05, 0.1) is 6.54 Å². The summed E-state index contributed by atoms with van der Waals surface area (Å²) in [6.45, 7) is 1.29. The first kappa shape index (κ1) is 14.7. The fourth-order valence-corrected chi connectivity index (χ4v) is 1.39. The molecule has 6 nitrogen and oxygen atoms in total. The van der Waals surface area contributed by atoms with Crippen LogP contribution in [0.3, 0.4) is 0 Å². The van der Waals surface area contributed by atoms with Crippen LogP contribution in [-0.2, 0) is 9.59 Å². The van der Waals surface area contributed by atoms with Gasteiger partial charge < -0.3 is 15.3 Å². The molecule has 102 valence electrons. The van der Waals surface area contributed by atoms with Gasteiger partial charge in [0.1, 0.15) is 6.54 Å². The maximum atomic E-state index is 11.7. The number of benzene rings is 1. The van der Waals surface area contributed by atoms with Crippen LogP contribution in [0, 0.1) is 6.92 Å². The molecule has 2 N–H and O–H groups in total. The molecule has 1 rings (SSSR count). The molecule has 0 saturated carbocycles. The number of hydrogen-bond donors (Lipinski definition) is 2. The molecule has 0 heterocycles. The van der Waals surface area contributed by atoms with Crippen LogP contribution in [0.1, 0.15) is 15.9 Å². The van der Waals surface area contributed by atoms with Crippen molar-refractivity contribution in [1.29, 1.82) is 0 Å². The summed E-state index contributed by atoms with van der Waals surface area (Å²) in [5, 5.41) is 11.0. The molecule has 0 aromatic heterocycles. The topological polar surface area (TPSA) is 86.7 Å². The number of carboxylic acid groups (broad SMARTS) is 1. The number of rotatable bonds is 5. The Morgan fingerprint density at radius 2 is 1.79 bits per heavy atom. The Labute approximate surface area is 111 Å². The van der Waals surface area contributed by atoms with Gasteiger partial charge in [-0.05, 0) is 19.1 Å². The van der Waals surface area contributed by atoms with E-state index in [0.29, 0.717) is 5.56 Å². The van der Waals surface area contributed by atoms with Crippen LogP contribution >= 0.6 is 0 Å². The Hall–Kier alpha value is -2.37. The number of carbonyl (C=O) groups excluding carboxylic acids is 2. The molecule has 0 aliphatic heterocycles. The fourth-order valence-electron chi connectivity index (χ4n) is 1.39. The van der Waals surface area contributed by atoms with Crippen molar-refractivity contribution < 1.29 is 19.5 Å². The van der Waals surface area contributed by atoms with Crippen LogP contribution < -0.4 is 5.32 Å². The van der Waals surface area contributed by atoms with E-state index in [9.17, 15) is 14.4 Å². The van der Waals surface area contributed by atoms with Gasteiger partial charge in [-0.2, -0.15) is 0 Å². The lowest BCUT2D eigenvalue weighted by atomic mass is 10.1. The van der Waals surface area contributed by atoms with Gasteiger partial charge in [-0.25, -0.2) is 0 Å². The third-order valence-electron chi connectivity index (χ3n) is 2.51. The number of carbonyl (C=O) groups is 3. The van der Waals surface area contributed by atoms with Crippen LogP contribution in [0.25, 0.3) is 0 Å². The summed E-state index contributed by atoms with van der Waals surface area (Å²) in [6.07, 6.45) is 0. The Kier molecular flexibility index (Phi) is 5.05. The zero-order chi connectivity index (χ0) is 14.4. The molecule has 0 atom stereocenters. The van der Waals surface area contributed by atoms with E-state index >= 15 is 0 Å². The minimum Gasteiger partial charge on any atom is -0.480 e. The normalized spacial score (nSPS) is 9.79. The van der Waals surface area contributed by atoms with Crippen LogP contribution in [-0.4, -0.2) is 47.9 Å². The van der Waals surface area contributed by atoms with Crippen molar-refractivity contribution >= 4 is 17.8 Å². The van der Waals surface area contributed by atoms with Gasteiger partial charge in [0, 0.05) is 12.6 Å². The number of amides is 2. The van der Waals surface area contributed by atoms with E-state index in [0.717, 1.165) is 10.5 Å². The first-order valence-corrected chi connectivity index (χ1v) is 5.71. The van der Waals surface area contributed by atoms with E-state index in [1.165, 1.54) is 7.05 Å². The Morgan fingerprint density at radius 1 is 1.21 bits per heavy atom. The molecular weight excluding hydrogens is 248 g/mol.